The van der Waals surface area contributed by atoms with Crippen LogP contribution in [0, 0.1) is 6.92 Å². The predicted molar refractivity (Wildman–Crippen MR) is 120 cm³/mol. The molecule has 1 aliphatic carbocycles. The summed E-state index contributed by atoms with van der Waals surface area (Å²) >= 11 is 6.36. The number of halogens is 1. The SMILES string of the molecule is COC(=O)c1cc2n(n1)CC(C)(C(=O)NC1CCCCC1)N(c1ccc(C)c(Cl)c1)C2=O. The van der Waals surface area contributed by atoms with Gasteiger partial charge in [0.2, 0.25) is 5.91 Å². The Bertz CT molecular complexity index is 1080. The summed E-state index contributed by atoms with van der Waals surface area (Å²) in [6.07, 6.45) is 5.16. The van der Waals surface area contributed by atoms with Crippen molar-refractivity contribution in [3.8, 4) is 0 Å². The van der Waals surface area contributed by atoms with E-state index in [1.165, 1.54) is 29.2 Å². The Hall–Kier alpha value is -2.87. The Labute approximate surface area is 191 Å². The zero-order valence-corrected chi connectivity index (χ0v) is 19.2. The highest BCUT2D eigenvalue weighted by molar-refractivity contribution is 6.31. The van der Waals surface area contributed by atoms with E-state index in [2.05, 4.69) is 10.4 Å². The van der Waals surface area contributed by atoms with Gasteiger partial charge in [0.15, 0.2) is 5.69 Å². The highest BCUT2D eigenvalue weighted by atomic mass is 35.5. The van der Waals surface area contributed by atoms with Gasteiger partial charge in [0.1, 0.15) is 11.2 Å². The summed E-state index contributed by atoms with van der Waals surface area (Å²) in [5.41, 5.74) is 0.351. The number of hydrogen-bond acceptors (Lipinski definition) is 5. The molecular formula is C23H27ClN4O4. The number of rotatable bonds is 4. The number of nitrogens with one attached hydrogen (secondary N) is 1. The Kier molecular flexibility index (Phi) is 5.99. The van der Waals surface area contributed by atoms with E-state index < -0.39 is 17.4 Å². The van der Waals surface area contributed by atoms with Crippen LogP contribution in [-0.4, -0.2) is 46.3 Å². The number of hydrogen-bond donors (Lipinski definition) is 1. The van der Waals surface area contributed by atoms with Crippen molar-refractivity contribution in [2.24, 2.45) is 0 Å². The predicted octanol–water partition coefficient (Wildman–Crippen LogP) is 3.50. The van der Waals surface area contributed by atoms with Crippen molar-refractivity contribution in [2.45, 2.75) is 64.1 Å². The Morgan fingerprint density at radius 1 is 1.22 bits per heavy atom. The molecule has 1 atom stereocenters. The van der Waals surface area contributed by atoms with Crippen LogP contribution in [0.5, 0.6) is 0 Å². The number of nitrogens with zero attached hydrogens (tertiary/aromatic N) is 3. The number of amides is 2. The third-order valence-corrected chi connectivity index (χ3v) is 6.80. The van der Waals surface area contributed by atoms with Crippen molar-refractivity contribution in [2.75, 3.05) is 12.0 Å². The van der Waals surface area contributed by atoms with E-state index in [0.717, 1.165) is 31.2 Å². The van der Waals surface area contributed by atoms with Gasteiger partial charge in [-0.05, 0) is 44.4 Å². The van der Waals surface area contributed by atoms with Gasteiger partial charge in [0.05, 0.1) is 13.7 Å². The third kappa shape index (κ3) is 3.88. The van der Waals surface area contributed by atoms with Crippen molar-refractivity contribution in [3.63, 3.8) is 0 Å². The second-order valence-electron chi connectivity index (χ2n) is 8.72. The van der Waals surface area contributed by atoms with E-state index >= 15 is 0 Å². The normalized spacial score (nSPS) is 21.2. The third-order valence-electron chi connectivity index (χ3n) is 6.39. The maximum atomic E-state index is 13.6. The van der Waals surface area contributed by atoms with E-state index in [0.29, 0.717) is 10.7 Å². The molecule has 9 heteroatoms. The number of esters is 1. The summed E-state index contributed by atoms with van der Waals surface area (Å²) in [7, 11) is 1.25. The number of carbonyl (C=O) groups excluding carboxylic acids is 3. The molecule has 170 valence electrons. The molecule has 8 nitrogen and oxygen atoms in total. The molecule has 1 aromatic carbocycles. The number of anilines is 1. The first-order chi connectivity index (χ1) is 15.2. The Balaban J connectivity index is 1.77. The van der Waals surface area contributed by atoms with Gasteiger partial charge in [-0.3, -0.25) is 19.2 Å². The number of aromatic nitrogens is 2. The fourth-order valence-electron chi connectivity index (χ4n) is 4.50. The first-order valence-corrected chi connectivity index (χ1v) is 11.2. The van der Waals surface area contributed by atoms with Gasteiger partial charge in [-0.25, -0.2) is 4.79 Å². The molecule has 0 bridgehead atoms. The number of aryl methyl sites for hydroxylation is 1. The minimum absolute atomic E-state index is 0.0228. The van der Waals surface area contributed by atoms with Gasteiger partial charge in [-0.15, -0.1) is 0 Å². The van der Waals surface area contributed by atoms with Gasteiger partial charge < -0.3 is 10.1 Å². The van der Waals surface area contributed by atoms with Crippen molar-refractivity contribution < 1.29 is 19.1 Å². The summed E-state index contributed by atoms with van der Waals surface area (Å²) in [5.74, 6) is -1.33. The highest BCUT2D eigenvalue weighted by Gasteiger charge is 2.49. The Morgan fingerprint density at radius 3 is 2.59 bits per heavy atom. The number of ether oxygens (including phenoxy) is 1. The van der Waals surface area contributed by atoms with Gasteiger partial charge in [0.25, 0.3) is 5.91 Å². The zero-order chi connectivity index (χ0) is 23.0. The molecule has 0 spiro atoms. The van der Waals surface area contributed by atoms with Gasteiger partial charge in [0, 0.05) is 22.8 Å². The minimum Gasteiger partial charge on any atom is -0.464 e. The lowest BCUT2D eigenvalue weighted by Gasteiger charge is -2.44. The van der Waals surface area contributed by atoms with Crippen LogP contribution in [0.2, 0.25) is 5.02 Å². The van der Waals surface area contributed by atoms with Gasteiger partial charge in [-0.2, -0.15) is 5.10 Å². The van der Waals surface area contributed by atoms with Crippen molar-refractivity contribution in [3.05, 3.63) is 46.2 Å². The van der Waals surface area contributed by atoms with Crippen LogP contribution in [0.3, 0.4) is 0 Å². The lowest BCUT2D eigenvalue weighted by molar-refractivity contribution is -0.127. The van der Waals surface area contributed by atoms with E-state index in [1.807, 2.05) is 13.0 Å². The van der Waals surface area contributed by atoms with E-state index in [-0.39, 0.29) is 29.9 Å². The molecule has 32 heavy (non-hydrogen) atoms. The molecule has 2 heterocycles. The molecule has 1 aliphatic heterocycles. The second-order valence-corrected chi connectivity index (χ2v) is 9.13. The van der Waals surface area contributed by atoms with Gasteiger partial charge >= 0.3 is 5.97 Å². The smallest absolute Gasteiger partial charge is 0.358 e. The van der Waals surface area contributed by atoms with Crippen LogP contribution >= 0.6 is 11.6 Å². The fourth-order valence-corrected chi connectivity index (χ4v) is 4.67. The largest absolute Gasteiger partial charge is 0.464 e. The van der Waals surface area contributed by atoms with Crippen molar-refractivity contribution >= 4 is 35.1 Å². The lowest BCUT2D eigenvalue weighted by atomic mass is 9.91. The maximum absolute atomic E-state index is 13.6. The zero-order valence-electron chi connectivity index (χ0n) is 18.5. The summed E-state index contributed by atoms with van der Waals surface area (Å²) in [6.45, 7) is 3.69. The molecule has 1 fully saturated rings. The summed E-state index contributed by atoms with van der Waals surface area (Å²) in [6, 6.07) is 6.76. The van der Waals surface area contributed by atoms with Crippen LogP contribution in [0.4, 0.5) is 5.69 Å². The monoisotopic (exact) mass is 458 g/mol. The highest BCUT2D eigenvalue weighted by Crippen LogP contribution is 2.35. The first kappa shape index (κ1) is 22.3. The molecule has 0 radical (unpaired) electrons. The second kappa shape index (κ2) is 8.58. The average molecular weight is 459 g/mol. The molecule has 1 aromatic heterocycles. The van der Waals surface area contributed by atoms with E-state index in [9.17, 15) is 14.4 Å². The molecule has 1 unspecified atom stereocenters. The summed E-state index contributed by atoms with van der Waals surface area (Å²) < 4.78 is 6.17. The fraction of sp³-hybridized carbons (Fsp3) is 0.478. The number of fused-ring (bicyclic) bond motifs is 1. The number of benzene rings is 1. The van der Waals surface area contributed by atoms with Crippen LogP contribution in [0.1, 0.15) is 65.6 Å². The molecule has 2 amide bonds. The van der Waals surface area contributed by atoms with E-state index in [1.54, 1.807) is 19.1 Å². The molecule has 1 N–H and O–H groups in total. The molecule has 0 saturated heterocycles. The topological polar surface area (TPSA) is 93.5 Å². The van der Waals surface area contributed by atoms with Crippen LogP contribution in [-0.2, 0) is 16.1 Å². The quantitative estimate of drug-likeness (QED) is 0.708. The molecule has 4 rings (SSSR count). The maximum Gasteiger partial charge on any atom is 0.358 e. The lowest BCUT2D eigenvalue weighted by Crippen LogP contribution is -2.65. The van der Waals surface area contributed by atoms with Crippen molar-refractivity contribution in [1.29, 1.82) is 0 Å². The Morgan fingerprint density at radius 2 is 1.94 bits per heavy atom. The van der Waals surface area contributed by atoms with Crippen molar-refractivity contribution in [1.82, 2.24) is 15.1 Å². The number of carbonyl (C=O) groups is 3. The van der Waals surface area contributed by atoms with Crippen LogP contribution < -0.4 is 10.2 Å². The standard InChI is InChI=1S/C23H27ClN4O4/c1-14-9-10-16(11-17(14)24)28-20(29)19-12-18(21(30)32-3)26-27(19)13-23(28,2)22(31)25-15-7-5-4-6-8-15/h9-12,15H,4-8,13H2,1-3H3,(H,25,31). The first-order valence-electron chi connectivity index (χ1n) is 10.8. The number of methoxy groups -OCH3 is 1. The van der Waals surface area contributed by atoms with Gasteiger partial charge in [-0.1, -0.05) is 36.9 Å². The van der Waals surface area contributed by atoms with Crippen LogP contribution in [0.15, 0.2) is 24.3 Å². The molecule has 2 aliphatic rings. The minimum atomic E-state index is -1.26. The molecule has 2 aromatic rings. The molecular weight excluding hydrogens is 432 g/mol. The molecule has 1 saturated carbocycles. The van der Waals surface area contributed by atoms with Crippen LogP contribution in [0.25, 0.3) is 0 Å². The van der Waals surface area contributed by atoms with E-state index in [4.69, 9.17) is 16.3 Å². The average Bonchev–Trinajstić information content (AvgIpc) is 3.20. The summed E-state index contributed by atoms with van der Waals surface area (Å²) in [5, 5.41) is 7.89. The summed E-state index contributed by atoms with van der Waals surface area (Å²) in [4.78, 5) is 40.7.